The van der Waals surface area contributed by atoms with E-state index in [0.717, 1.165) is 17.9 Å². The molecule has 274 valence electrons. The molecule has 1 aliphatic heterocycles. The molecular weight excluding hydrogens is 713 g/mol. The van der Waals surface area contributed by atoms with Gasteiger partial charge in [-0.25, -0.2) is 0 Å². The van der Waals surface area contributed by atoms with E-state index >= 15 is 0 Å². The van der Waals surface area contributed by atoms with Gasteiger partial charge in [-0.15, -0.1) is 0 Å². The van der Waals surface area contributed by atoms with Crippen LogP contribution in [0.2, 0.25) is 0 Å². The summed E-state index contributed by atoms with van der Waals surface area (Å²) in [6.07, 6.45) is 3.21. The summed E-state index contributed by atoms with van der Waals surface area (Å²) in [6, 6.07) is 73.4. The summed E-state index contributed by atoms with van der Waals surface area (Å²) in [5.74, 6) is 2.09. The van der Waals surface area contributed by atoms with Gasteiger partial charge in [0.15, 0.2) is 0 Å². The summed E-state index contributed by atoms with van der Waals surface area (Å²) in [7, 11) is 0. The molecule has 1 heterocycles. The highest BCUT2D eigenvalue weighted by Gasteiger charge is 2.56. The lowest BCUT2D eigenvalue weighted by atomic mass is 9.59. The fourth-order valence-electron chi connectivity index (χ4n) is 12.4. The normalized spacial score (nSPS) is 18.7. The zero-order chi connectivity index (χ0) is 38.5. The van der Waals surface area contributed by atoms with E-state index in [4.69, 9.17) is 4.74 Å². The average molecular weight is 749 g/mol. The fraction of sp³-hybridized carbons (Fsp3) is 0.0690. The van der Waals surface area contributed by atoms with Crippen molar-refractivity contribution in [3.8, 4) is 50.3 Å². The standard InChI is InChI=1S/C58H36O/c1-2-14-37-34-55-53(32-36(37)13-1)58(47-23-8-3-17-40(47)41-18-4-9-24-48(41)58)52-33-39(28-30-54(52)59-55)38-27-29-44-42-19-5-7-22-46(42)57(51(44)31-38)49-25-10-6-20-43(49)45-21-11-15-35-16-12-26-50(57)56(35)45/h1-31,33-34,53H,32H2. The molecule has 0 N–H and O–H groups in total. The van der Waals surface area contributed by atoms with Gasteiger partial charge in [0.05, 0.1) is 10.8 Å². The van der Waals surface area contributed by atoms with Gasteiger partial charge >= 0.3 is 0 Å². The van der Waals surface area contributed by atoms with Crippen LogP contribution < -0.4 is 4.74 Å². The topological polar surface area (TPSA) is 9.23 Å². The largest absolute Gasteiger partial charge is 0.461 e. The van der Waals surface area contributed by atoms with Gasteiger partial charge in [0.25, 0.3) is 0 Å². The lowest BCUT2D eigenvalue weighted by molar-refractivity contribution is 0.254. The lowest BCUT2D eigenvalue weighted by Crippen LogP contribution is -2.44. The van der Waals surface area contributed by atoms with Crippen molar-refractivity contribution >= 4 is 16.8 Å². The van der Waals surface area contributed by atoms with Crippen LogP contribution in [0.1, 0.15) is 50.1 Å². The molecule has 59 heavy (non-hydrogen) atoms. The maximum Gasteiger partial charge on any atom is 0.131 e. The molecule has 0 fully saturated rings. The molecule has 0 amide bonds. The maximum atomic E-state index is 7.07. The molecule has 5 aliphatic rings. The smallest absolute Gasteiger partial charge is 0.131 e. The Morgan fingerprint density at radius 2 is 0.932 bits per heavy atom. The summed E-state index contributed by atoms with van der Waals surface area (Å²) in [6.45, 7) is 0. The number of allylic oxidation sites excluding steroid dienone is 1. The van der Waals surface area contributed by atoms with E-state index in [-0.39, 0.29) is 5.92 Å². The van der Waals surface area contributed by atoms with E-state index < -0.39 is 10.8 Å². The molecule has 0 saturated heterocycles. The Hall–Kier alpha value is -7.22. The van der Waals surface area contributed by atoms with Gasteiger partial charge < -0.3 is 4.74 Å². The molecule has 1 heteroatoms. The summed E-state index contributed by atoms with van der Waals surface area (Å²) < 4.78 is 7.07. The third-order valence-electron chi connectivity index (χ3n) is 14.6. The monoisotopic (exact) mass is 748 g/mol. The number of benzene rings is 9. The van der Waals surface area contributed by atoms with Crippen LogP contribution in [-0.2, 0) is 17.3 Å². The van der Waals surface area contributed by atoms with E-state index in [9.17, 15) is 0 Å². The number of hydrogen-bond acceptors (Lipinski definition) is 1. The maximum absolute atomic E-state index is 7.07. The number of hydrogen-bond donors (Lipinski definition) is 0. The summed E-state index contributed by atoms with van der Waals surface area (Å²) in [5.41, 5.74) is 21.4. The van der Waals surface area contributed by atoms with E-state index in [1.807, 2.05) is 0 Å². The minimum absolute atomic E-state index is 0.0991. The van der Waals surface area contributed by atoms with Crippen LogP contribution in [0.5, 0.6) is 5.75 Å². The number of fused-ring (bicyclic) bond motifs is 19. The van der Waals surface area contributed by atoms with Crippen molar-refractivity contribution in [2.45, 2.75) is 17.3 Å². The molecule has 1 nitrogen and oxygen atoms in total. The van der Waals surface area contributed by atoms with Gasteiger partial charge in [-0.2, -0.15) is 0 Å². The molecule has 0 saturated carbocycles. The highest BCUT2D eigenvalue weighted by Crippen LogP contribution is 2.65. The highest BCUT2D eigenvalue weighted by atomic mass is 16.5. The van der Waals surface area contributed by atoms with Crippen LogP contribution >= 0.6 is 0 Å². The molecule has 2 unspecified atom stereocenters. The zero-order valence-electron chi connectivity index (χ0n) is 32.2. The first kappa shape index (κ1) is 31.8. The summed E-state index contributed by atoms with van der Waals surface area (Å²) >= 11 is 0. The van der Waals surface area contributed by atoms with Crippen molar-refractivity contribution < 1.29 is 4.74 Å². The van der Waals surface area contributed by atoms with Crippen LogP contribution in [0.3, 0.4) is 0 Å². The minimum Gasteiger partial charge on any atom is -0.461 e. The number of ether oxygens (including phenoxy) is 1. The van der Waals surface area contributed by atoms with Crippen molar-refractivity contribution in [2.75, 3.05) is 0 Å². The van der Waals surface area contributed by atoms with Crippen LogP contribution in [0.25, 0.3) is 61.4 Å². The van der Waals surface area contributed by atoms with Crippen molar-refractivity contribution in [2.24, 2.45) is 5.92 Å². The van der Waals surface area contributed by atoms with Crippen molar-refractivity contribution in [3.05, 3.63) is 250 Å². The minimum atomic E-state index is -0.469. The lowest BCUT2D eigenvalue weighted by Gasteiger charge is -2.47. The molecule has 0 radical (unpaired) electrons. The highest BCUT2D eigenvalue weighted by molar-refractivity contribution is 6.07. The second-order valence-corrected chi connectivity index (χ2v) is 17.0. The van der Waals surface area contributed by atoms with Gasteiger partial charge in [-0.1, -0.05) is 176 Å². The first-order valence-electron chi connectivity index (χ1n) is 20.9. The Morgan fingerprint density at radius 1 is 0.407 bits per heavy atom. The first-order chi connectivity index (χ1) is 29.2. The zero-order valence-corrected chi connectivity index (χ0v) is 32.2. The summed E-state index contributed by atoms with van der Waals surface area (Å²) in [4.78, 5) is 0. The van der Waals surface area contributed by atoms with Gasteiger partial charge in [0, 0.05) is 11.5 Å². The Kier molecular flexibility index (Phi) is 6.06. The molecule has 2 atom stereocenters. The molecule has 14 rings (SSSR count). The van der Waals surface area contributed by atoms with Crippen LogP contribution in [-0.4, -0.2) is 0 Å². The summed E-state index contributed by atoms with van der Waals surface area (Å²) in [5, 5.41) is 2.64. The number of rotatable bonds is 1. The van der Waals surface area contributed by atoms with E-state index in [0.29, 0.717) is 0 Å². The van der Waals surface area contributed by atoms with Crippen LogP contribution in [0, 0.1) is 5.92 Å². The molecular formula is C58H36O. The molecule has 9 aromatic carbocycles. The third kappa shape index (κ3) is 3.82. The Balaban J connectivity index is 1.04. The van der Waals surface area contributed by atoms with Crippen molar-refractivity contribution in [3.63, 3.8) is 0 Å². The predicted octanol–water partition coefficient (Wildman–Crippen LogP) is 13.8. The molecule has 9 aromatic rings. The fourth-order valence-corrected chi connectivity index (χ4v) is 12.4. The van der Waals surface area contributed by atoms with Gasteiger partial charge in [-0.05, 0) is 130 Å². The second-order valence-electron chi connectivity index (χ2n) is 17.0. The van der Waals surface area contributed by atoms with Crippen molar-refractivity contribution in [1.82, 2.24) is 0 Å². The average Bonchev–Trinajstić information content (AvgIpc) is 3.76. The molecule has 0 aromatic heterocycles. The van der Waals surface area contributed by atoms with E-state index in [2.05, 4.69) is 200 Å². The van der Waals surface area contributed by atoms with Gasteiger partial charge in [-0.3, -0.25) is 0 Å². The molecule has 2 spiro atoms. The van der Waals surface area contributed by atoms with E-state index in [1.165, 1.54) is 105 Å². The Bertz CT molecular complexity index is 3310. The molecule has 4 aliphatic carbocycles. The van der Waals surface area contributed by atoms with E-state index in [1.54, 1.807) is 0 Å². The Morgan fingerprint density at radius 3 is 1.66 bits per heavy atom. The van der Waals surface area contributed by atoms with Gasteiger partial charge in [0.2, 0.25) is 0 Å². The SMILES string of the molecule is C1=C2Oc3ccc(-c4ccc5c(c4)C4(c6ccccc6-5)c5ccccc5-c5cccc6cccc4c56)cc3C3(c4ccccc4-c4ccccc43)C2Cc2ccccc21. The van der Waals surface area contributed by atoms with Crippen LogP contribution in [0.4, 0.5) is 0 Å². The van der Waals surface area contributed by atoms with Gasteiger partial charge in [0.1, 0.15) is 11.5 Å². The second kappa shape index (κ2) is 11.2. The predicted molar refractivity (Wildman–Crippen MR) is 240 cm³/mol. The van der Waals surface area contributed by atoms with Crippen LogP contribution in [0.15, 0.2) is 200 Å². The quantitative estimate of drug-likeness (QED) is 0.162. The first-order valence-corrected chi connectivity index (χ1v) is 20.9. The Labute approximate surface area is 343 Å². The van der Waals surface area contributed by atoms with Crippen molar-refractivity contribution in [1.29, 1.82) is 0 Å². The molecule has 0 bridgehead atoms. The third-order valence-corrected chi connectivity index (χ3v) is 14.6.